The first kappa shape index (κ1) is 36.0. The molecule has 0 heterocycles. The predicted octanol–water partition coefficient (Wildman–Crippen LogP) is 7.80. The van der Waals surface area contributed by atoms with Crippen molar-refractivity contribution in [3.8, 4) is 0 Å². The van der Waals surface area contributed by atoms with Crippen LogP contribution in [0.4, 0.5) is 0 Å². The molecule has 0 unspecified atom stereocenters. The summed E-state index contributed by atoms with van der Waals surface area (Å²) in [7, 11) is -4.77. The van der Waals surface area contributed by atoms with Gasteiger partial charge < -0.3 is 9.16 Å². The molecule has 7 heteroatoms. The van der Waals surface area contributed by atoms with Gasteiger partial charge in [0.15, 0.2) is 0 Å². The molecule has 49 heavy (non-hydrogen) atoms. The van der Waals surface area contributed by atoms with E-state index >= 15 is 4.57 Å². The maximum Gasteiger partial charge on any atom is 0.337 e. The van der Waals surface area contributed by atoms with Crippen LogP contribution in [0.2, 0.25) is 5.04 Å². The maximum absolute atomic E-state index is 15.3. The van der Waals surface area contributed by atoms with Crippen LogP contribution in [-0.4, -0.2) is 28.0 Å². The van der Waals surface area contributed by atoms with E-state index in [2.05, 4.69) is 81.0 Å². The fourth-order valence-corrected chi connectivity index (χ4v) is 13.8. The maximum atomic E-state index is 15.3. The Labute approximate surface area is 292 Å². The fraction of sp³-hybridized carbons (Fsp3) is 0.214. The minimum absolute atomic E-state index is 0.170. The molecular formula is C42H46NO4PSi. The number of rotatable bonds is 14. The van der Waals surface area contributed by atoms with Gasteiger partial charge in [-0.15, -0.1) is 6.58 Å². The van der Waals surface area contributed by atoms with E-state index in [1.54, 1.807) is 12.1 Å². The van der Waals surface area contributed by atoms with E-state index in [4.69, 9.17) is 9.16 Å². The highest BCUT2D eigenvalue weighted by Crippen LogP contribution is 2.44. The lowest BCUT2D eigenvalue weighted by molar-refractivity contribution is 0.0600. The van der Waals surface area contributed by atoms with Crippen LogP contribution in [0.15, 0.2) is 158 Å². The number of hydrogen-bond acceptors (Lipinski definition) is 4. The molecule has 5 aromatic rings. The number of carbonyl (C=O) groups excluding carboxylic acids is 1. The molecular weight excluding hydrogens is 642 g/mol. The van der Waals surface area contributed by atoms with Gasteiger partial charge in [-0.2, -0.15) is 0 Å². The van der Waals surface area contributed by atoms with Crippen LogP contribution in [0.25, 0.3) is 0 Å². The number of methoxy groups -OCH3 is 1. The van der Waals surface area contributed by atoms with E-state index in [0.29, 0.717) is 29.2 Å². The average Bonchev–Trinajstić information content (AvgIpc) is 3.15. The molecule has 5 rings (SSSR count). The van der Waals surface area contributed by atoms with Gasteiger partial charge in [-0.1, -0.05) is 136 Å². The third-order valence-electron chi connectivity index (χ3n) is 9.17. The van der Waals surface area contributed by atoms with Crippen molar-refractivity contribution in [2.45, 2.75) is 38.3 Å². The second-order valence-corrected chi connectivity index (χ2v) is 20.0. The summed E-state index contributed by atoms with van der Waals surface area (Å²) >= 11 is 0. The summed E-state index contributed by atoms with van der Waals surface area (Å²) in [5.41, 5.74) is 1.33. The normalized spacial score (nSPS) is 13.3. The summed E-state index contributed by atoms with van der Waals surface area (Å²) in [6.45, 7) is 11.5. The molecule has 2 atom stereocenters. The molecule has 0 aliphatic carbocycles. The van der Waals surface area contributed by atoms with Crippen molar-refractivity contribution < 1.29 is 18.5 Å². The summed E-state index contributed by atoms with van der Waals surface area (Å²) in [4.78, 5) is 12.3. The minimum atomic E-state index is -3.36. The first-order valence-corrected chi connectivity index (χ1v) is 20.3. The Morgan fingerprint density at radius 2 is 1.20 bits per heavy atom. The Balaban J connectivity index is 1.55. The molecule has 0 aromatic heterocycles. The predicted molar refractivity (Wildman–Crippen MR) is 205 cm³/mol. The van der Waals surface area contributed by atoms with Gasteiger partial charge in [-0.05, 0) is 69.7 Å². The number of ether oxygens (including phenoxy) is 1. The second kappa shape index (κ2) is 15.9. The van der Waals surface area contributed by atoms with Crippen molar-refractivity contribution in [3.63, 3.8) is 0 Å². The Bertz CT molecular complexity index is 1760. The van der Waals surface area contributed by atoms with Crippen LogP contribution in [0.5, 0.6) is 0 Å². The van der Waals surface area contributed by atoms with Gasteiger partial charge in [-0.25, -0.2) is 4.79 Å². The minimum Gasteiger partial charge on any atom is -0.465 e. The molecule has 252 valence electrons. The van der Waals surface area contributed by atoms with Gasteiger partial charge in [0.25, 0.3) is 8.32 Å². The molecule has 0 spiro atoms. The highest BCUT2D eigenvalue weighted by Gasteiger charge is 2.50. The topological polar surface area (TPSA) is 64.6 Å². The van der Waals surface area contributed by atoms with Crippen molar-refractivity contribution in [1.29, 1.82) is 0 Å². The van der Waals surface area contributed by atoms with Crippen LogP contribution >= 0.6 is 7.29 Å². The molecule has 0 saturated carbocycles. The monoisotopic (exact) mass is 687 g/mol. The lowest BCUT2D eigenvalue weighted by Crippen LogP contribution is -2.66. The van der Waals surface area contributed by atoms with E-state index in [1.165, 1.54) is 17.5 Å². The Hall–Kier alpha value is -4.32. The molecule has 0 fully saturated rings. The van der Waals surface area contributed by atoms with E-state index in [9.17, 15) is 4.79 Å². The molecule has 0 aliphatic rings. The van der Waals surface area contributed by atoms with Crippen molar-refractivity contribution in [2.75, 3.05) is 13.7 Å². The fourth-order valence-electron chi connectivity index (χ4n) is 6.66. The standard InChI is InChI=1S/C42H46NO4PSi/c1-6-33(31-32-47-49(42(2,3)4,38-23-15-9-16-24-38)39-25-17-10-18-26-39)40(34-27-29-35(30-28-34)41(44)46-5)43-48(45,36-19-11-7-12-20-36)37-21-13-8-14-22-37/h6-30,33,40H,1,31-32H2,2-5H3,(H,43,45)/t33-,40-/m0/s1. The molecule has 0 radical (unpaired) electrons. The molecule has 0 bridgehead atoms. The molecule has 0 saturated heterocycles. The third-order valence-corrected chi connectivity index (χ3v) is 16.9. The largest absolute Gasteiger partial charge is 0.465 e. The van der Waals surface area contributed by atoms with Gasteiger partial charge >= 0.3 is 5.97 Å². The highest BCUT2D eigenvalue weighted by molar-refractivity contribution is 7.76. The van der Waals surface area contributed by atoms with E-state index in [1.807, 2.05) is 91.0 Å². The quantitative estimate of drug-likeness (QED) is 0.0559. The van der Waals surface area contributed by atoms with Gasteiger partial charge in [0.1, 0.15) is 0 Å². The lowest BCUT2D eigenvalue weighted by Gasteiger charge is -2.43. The number of benzene rings is 5. The zero-order valence-electron chi connectivity index (χ0n) is 28.8. The van der Waals surface area contributed by atoms with Crippen molar-refractivity contribution in [1.82, 2.24) is 5.09 Å². The molecule has 5 aromatic carbocycles. The van der Waals surface area contributed by atoms with Gasteiger partial charge in [-0.3, -0.25) is 9.65 Å². The van der Waals surface area contributed by atoms with Gasteiger partial charge in [0.05, 0.1) is 12.7 Å². The van der Waals surface area contributed by atoms with Crippen molar-refractivity contribution in [2.24, 2.45) is 5.92 Å². The molecule has 0 amide bonds. The summed E-state index contributed by atoms with van der Waals surface area (Å²) in [5.74, 6) is -0.586. The lowest BCUT2D eigenvalue weighted by atomic mass is 9.91. The molecule has 0 aliphatic heterocycles. The van der Waals surface area contributed by atoms with Gasteiger partial charge in [0, 0.05) is 23.3 Å². The van der Waals surface area contributed by atoms with Crippen molar-refractivity contribution in [3.05, 3.63) is 169 Å². The SMILES string of the molecule is C=C[C@@H](CCO[Si](c1ccccc1)(c1ccccc1)C(C)(C)C)[C@H](NP(=O)(c1ccccc1)c1ccccc1)c1ccc(C(=O)OC)cc1. The first-order chi connectivity index (χ1) is 23.6. The molecule has 5 nitrogen and oxygen atoms in total. The summed E-state index contributed by atoms with van der Waals surface area (Å²) in [5, 5.41) is 7.35. The zero-order valence-corrected chi connectivity index (χ0v) is 30.7. The van der Waals surface area contributed by atoms with Crippen LogP contribution in [0, 0.1) is 5.92 Å². The van der Waals surface area contributed by atoms with E-state index in [-0.39, 0.29) is 11.0 Å². The van der Waals surface area contributed by atoms with Gasteiger partial charge in [0.2, 0.25) is 7.29 Å². The second-order valence-electron chi connectivity index (χ2n) is 13.2. The zero-order chi connectivity index (χ0) is 34.9. The average molecular weight is 688 g/mol. The molecule has 1 N–H and O–H groups in total. The number of nitrogens with one attached hydrogen (secondary N) is 1. The Morgan fingerprint density at radius 1 is 0.755 bits per heavy atom. The van der Waals surface area contributed by atoms with Crippen LogP contribution in [0.1, 0.15) is 49.2 Å². The first-order valence-electron chi connectivity index (χ1n) is 16.7. The van der Waals surface area contributed by atoms with E-state index in [0.717, 1.165) is 5.56 Å². The Morgan fingerprint density at radius 3 is 1.61 bits per heavy atom. The summed E-state index contributed by atoms with van der Waals surface area (Å²) in [6, 6.07) is 47.3. The smallest absolute Gasteiger partial charge is 0.337 e. The third kappa shape index (κ3) is 7.79. The highest BCUT2D eigenvalue weighted by atomic mass is 31.2. The Kier molecular flexibility index (Phi) is 11.7. The number of hydrogen-bond donors (Lipinski definition) is 1. The van der Waals surface area contributed by atoms with E-state index < -0.39 is 27.6 Å². The summed E-state index contributed by atoms with van der Waals surface area (Å²) < 4.78 is 27.6. The van der Waals surface area contributed by atoms with Crippen LogP contribution in [-0.2, 0) is 13.7 Å². The van der Waals surface area contributed by atoms with Crippen LogP contribution in [0.3, 0.4) is 0 Å². The number of carbonyl (C=O) groups is 1. The van der Waals surface area contributed by atoms with Crippen LogP contribution < -0.4 is 26.1 Å². The van der Waals surface area contributed by atoms with Crippen molar-refractivity contribution >= 4 is 42.6 Å². The summed E-state index contributed by atoms with van der Waals surface area (Å²) in [6.07, 6.45) is 2.55. The number of esters is 1.